The van der Waals surface area contributed by atoms with Gasteiger partial charge in [0, 0.05) is 36.0 Å². The third-order valence-corrected chi connectivity index (χ3v) is 5.88. The Morgan fingerprint density at radius 3 is 2.83 bits per heavy atom. The second-order valence-electron chi connectivity index (χ2n) is 7.86. The minimum atomic E-state index is -0.0634. The van der Waals surface area contributed by atoms with Crippen LogP contribution in [0.2, 0.25) is 0 Å². The molecule has 0 saturated heterocycles. The van der Waals surface area contributed by atoms with E-state index in [4.69, 9.17) is 9.47 Å². The van der Waals surface area contributed by atoms with Gasteiger partial charge in [0.25, 0.3) is 0 Å². The number of nitrogens with one attached hydrogen (secondary N) is 2. The quantitative estimate of drug-likeness (QED) is 0.475. The molecule has 0 fully saturated rings. The molecule has 3 aromatic rings. The molecule has 2 N–H and O–H groups in total. The van der Waals surface area contributed by atoms with Crippen molar-refractivity contribution in [3.05, 3.63) is 59.3 Å². The summed E-state index contributed by atoms with van der Waals surface area (Å²) in [5.74, 6) is 1.52. The number of ether oxygens (including phenoxy) is 2. The Balaban J connectivity index is 1.66. The molecule has 5 nitrogen and oxygen atoms in total. The summed E-state index contributed by atoms with van der Waals surface area (Å²) in [5.41, 5.74) is 4.64. The van der Waals surface area contributed by atoms with Gasteiger partial charge >= 0.3 is 0 Å². The molecule has 1 aromatic heterocycles. The van der Waals surface area contributed by atoms with E-state index >= 15 is 0 Å². The summed E-state index contributed by atoms with van der Waals surface area (Å²) in [6, 6.07) is 12.4. The number of aromatic amines is 1. The largest absolute Gasteiger partial charge is 0.454 e. The monoisotopic (exact) mass is 406 g/mol. The zero-order chi connectivity index (χ0) is 20.9. The minimum Gasteiger partial charge on any atom is -0.454 e. The molecular formula is C25H30N2O3. The summed E-state index contributed by atoms with van der Waals surface area (Å²) in [5, 5.41) is 4.27. The number of H-pyrrole nitrogens is 1. The standard InChI is InChI=1S/C25H30N2O3/c1-3-5-6-12-26-24(28)14-20(18-10-11-22-23(13-18)30-16-29-22)21-15-27-25-17(4-2)8-7-9-19(21)25/h7-11,13,15,20,27H,3-6,12,14,16H2,1-2H3,(H,26,28). The third-order valence-electron chi connectivity index (χ3n) is 5.88. The van der Waals surface area contributed by atoms with E-state index in [0.717, 1.165) is 60.4 Å². The molecule has 1 amide bonds. The first kappa shape index (κ1) is 20.3. The van der Waals surface area contributed by atoms with Crippen LogP contribution in [0.5, 0.6) is 11.5 Å². The first-order chi connectivity index (χ1) is 14.7. The Kier molecular flexibility index (Phi) is 6.26. The predicted molar refractivity (Wildman–Crippen MR) is 119 cm³/mol. The van der Waals surface area contributed by atoms with E-state index in [1.54, 1.807) is 0 Å². The SMILES string of the molecule is CCCCCNC(=O)CC(c1ccc2c(c1)OCO2)c1c[nH]c2c(CC)cccc12. The maximum atomic E-state index is 12.8. The van der Waals surface area contributed by atoms with Crippen molar-refractivity contribution < 1.29 is 14.3 Å². The molecule has 2 heterocycles. The van der Waals surface area contributed by atoms with Gasteiger partial charge in [0.05, 0.1) is 0 Å². The fraction of sp³-hybridized carbons (Fsp3) is 0.400. The van der Waals surface area contributed by atoms with Crippen molar-refractivity contribution in [1.82, 2.24) is 10.3 Å². The lowest BCUT2D eigenvalue weighted by Crippen LogP contribution is -2.26. The fourth-order valence-electron chi connectivity index (χ4n) is 4.22. The molecule has 0 saturated carbocycles. The van der Waals surface area contributed by atoms with Crippen LogP contribution in [0.25, 0.3) is 10.9 Å². The molecule has 1 aliphatic rings. The fourth-order valence-corrected chi connectivity index (χ4v) is 4.22. The van der Waals surface area contributed by atoms with Crippen molar-refractivity contribution in [2.45, 2.75) is 51.9 Å². The van der Waals surface area contributed by atoms with E-state index in [1.807, 2.05) is 18.2 Å². The van der Waals surface area contributed by atoms with E-state index in [1.165, 1.54) is 10.9 Å². The zero-order valence-corrected chi connectivity index (χ0v) is 17.8. The Bertz CT molecular complexity index is 1020. The first-order valence-corrected chi connectivity index (χ1v) is 11.0. The lowest BCUT2D eigenvalue weighted by Gasteiger charge is -2.18. The van der Waals surface area contributed by atoms with Gasteiger partial charge in [-0.25, -0.2) is 0 Å². The predicted octanol–water partition coefficient (Wildman–Crippen LogP) is 5.29. The molecule has 30 heavy (non-hydrogen) atoms. The number of carbonyl (C=O) groups excluding carboxylic acids is 1. The van der Waals surface area contributed by atoms with Crippen LogP contribution in [-0.4, -0.2) is 24.2 Å². The third kappa shape index (κ3) is 4.16. The van der Waals surface area contributed by atoms with Gasteiger partial charge < -0.3 is 19.8 Å². The summed E-state index contributed by atoms with van der Waals surface area (Å²) in [4.78, 5) is 16.3. The lowest BCUT2D eigenvalue weighted by atomic mass is 9.87. The highest BCUT2D eigenvalue weighted by Gasteiger charge is 2.24. The van der Waals surface area contributed by atoms with Crippen LogP contribution in [0.1, 0.15) is 62.1 Å². The number of unbranched alkanes of at least 4 members (excludes halogenated alkanes) is 2. The summed E-state index contributed by atoms with van der Waals surface area (Å²) in [6.07, 6.45) is 6.71. The van der Waals surface area contributed by atoms with Crippen LogP contribution in [0, 0.1) is 0 Å². The number of fused-ring (bicyclic) bond motifs is 2. The maximum absolute atomic E-state index is 12.8. The number of benzene rings is 2. The number of aromatic nitrogens is 1. The van der Waals surface area contributed by atoms with E-state index < -0.39 is 0 Å². The number of carbonyl (C=O) groups is 1. The van der Waals surface area contributed by atoms with Crippen molar-refractivity contribution in [2.75, 3.05) is 13.3 Å². The first-order valence-electron chi connectivity index (χ1n) is 11.0. The van der Waals surface area contributed by atoms with Gasteiger partial charge in [-0.2, -0.15) is 0 Å². The smallest absolute Gasteiger partial charge is 0.231 e. The number of para-hydroxylation sites is 1. The molecule has 4 rings (SSSR count). The molecule has 0 aliphatic carbocycles. The van der Waals surface area contributed by atoms with Gasteiger partial charge in [-0.3, -0.25) is 4.79 Å². The van der Waals surface area contributed by atoms with Crippen molar-refractivity contribution >= 4 is 16.8 Å². The normalized spacial score (nSPS) is 13.5. The van der Waals surface area contributed by atoms with Crippen LogP contribution < -0.4 is 14.8 Å². The van der Waals surface area contributed by atoms with Crippen LogP contribution in [0.15, 0.2) is 42.6 Å². The molecule has 1 atom stereocenters. The summed E-state index contributed by atoms with van der Waals surface area (Å²) in [7, 11) is 0. The number of amides is 1. The number of hydrogen-bond donors (Lipinski definition) is 2. The number of aryl methyl sites for hydroxylation is 1. The van der Waals surface area contributed by atoms with Crippen LogP contribution in [0.4, 0.5) is 0 Å². The lowest BCUT2D eigenvalue weighted by molar-refractivity contribution is -0.121. The van der Waals surface area contributed by atoms with Gasteiger partial charge in [0.2, 0.25) is 12.7 Å². The van der Waals surface area contributed by atoms with E-state index in [0.29, 0.717) is 6.42 Å². The van der Waals surface area contributed by atoms with Crippen LogP contribution in [0.3, 0.4) is 0 Å². The van der Waals surface area contributed by atoms with Gasteiger partial charge in [0.15, 0.2) is 11.5 Å². The highest BCUT2D eigenvalue weighted by Crippen LogP contribution is 2.39. The Labute approximate surface area is 177 Å². The van der Waals surface area contributed by atoms with Gasteiger partial charge in [0.1, 0.15) is 0 Å². The van der Waals surface area contributed by atoms with Gasteiger partial charge in [-0.1, -0.05) is 51.0 Å². The minimum absolute atomic E-state index is 0.0634. The molecule has 1 aliphatic heterocycles. The molecule has 1 unspecified atom stereocenters. The average molecular weight is 407 g/mol. The van der Waals surface area contributed by atoms with Crippen LogP contribution in [-0.2, 0) is 11.2 Å². The molecule has 5 heteroatoms. The molecule has 2 aromatic carbocycles. The molecule has 0 bridgehead atoms. The Morgan fingerprint density at radius 2 is 2.00 bits per heavy atom. The second-order valence-corrected chi connectivity index (χ2v) is 7.86. The maximum Gasteiger partial charge on any atom is 0.231 e. The number of hydrogen-bond acceptors (Lipinski definition) is 3. The van der Waals surface area contributed by atoms with E-state index in [-0.39, 0.29) is 18.6 Å². The van der Waals surface area contributed by atoms with Gasteiger partial charge in [-0.15, -0.1) is 0 Å². The van der Waals surface area contributed by atoms with Gasteiger partial charge in [-0.05, 0) is 41.7 Å². The average Bonchev–Trinajstić information content (AvgIpc) is 3.41. The van der Waals surface area contributed by atoms with Crippen molar-refractivity contribution in [1.29, 1.82) is 0 Å². The van der Waals surface area contributed by atoms with Crippen molar-refractivity contribution in [3.63, 3.8) is 0 Å². The molecule has 0 spiro atoms. The second kappa shape index (κ2) is 9.24. The number of rotatable bonds is 9. The van der Waals surface area contributed by atoms with E-state index in [2.05, 4.69) is 48.5 Å². The van der Waals surface area contributed by atoms with Crippen molar-refractivity contribution in [3.8, 4) is 11.5 Å². The molecule has 158 valence electrons. The van der Waals surface area contributed by atoms with E-state index in [9.17, 15) is 4.79 Å². The summed E-state index contributed by atoms with van der Waals surface area (Å²) >= 11 is 0. The summed E-state index contributed by atoms with van der Waals surface area (Å²) in [6.45, 7) is 5.30. The molecular weight excluding hydrogens is 376 g/mol. The highest BCUT2D eigenvalue weighted by molar-refractivity contribution is 5.88. The topological polar surface area (TPSA) is 63.4 Å². The van der Waals surface area contributed by atoms with Crippen molar-refractivity contribution in [2.24, 2.45) is 0 Å². The Hall–Kier alpha value is -2.95. The molecule has 0 radical (unpaired) electrons. The Morgan fingerprint density at radius 1 is 1.13 bits per heavy atom. The summed E-state index contributed by atoms with van der Waals surface area (Å²) < 4.78 is 11.1. The van der Waals surface area contributed by atoms with Crippen LogP contribution >= 0.6 is 0 Å². The highest BCUT2D eigenvalue weighted by atomic mass is 16.7. The zero-order valence-electron chi connectivity index (χ0n) is 17.8.